The van der Waals surface area contributed by atoms with Gasteiger partial charge in [-0.2, -0.15) is 13.2 Å². The van der Waals surface area contributed by atoms with Gasteiger partial charge in [0.1, 0.15) is 0 Å². The summed E-state index contributed by atoms with van der Waals surface area (Å²) in [5.41, 5.74) is 0.379. The average molecular weight is 351 g/mol. The fourth-order valence-electron chi connectivity index (χ4n) is 3.27. The molecule has 0 radical (unpaired) electrons. The molecule has 0 saturated carbocycles. The molecule has 1 aliphatic heterocycles. The van der Waals surface area contributed by atoms with E-state index in [2.05, 4.69) is 37.9 Å². The van der Waals surface area contributed by atoms with E-state index >= 15 is 0 Å². The summed E-state index contributed by atoms with van der Waals surface area (Å²) in [6.45, 7) is 10.4. The van der Waals surface area contributed by atoms with Crippen molar-refractivity contribution in [3.05, 3.63) is 35.4 Å². The molecule has 0 aliphatic carbocycles. The number of halogens is 4. The van der Waals surface area contributed by atoms with Gasteiger partial charge in [0.15, 0.2) is 0 Å². The largest absolute Gasteiger partial charge is 0.416 e. The van der Waals surface area contributed by atoms with Crippen molar-refractivity contribution in [3.8, 4) is 0 Å². The zero-order valence-corrected chi connectivity index (χ0v) is 14.8. The van der Waals surface area contributed by atoms with Crippen molar-refractivity contribution in [1.29, 1.82) is 0 Å². The number of hydrogen-bond acceptors (Lipinski definition) is 2. The van der Waals surface area contributed by atoms with Gasteiger partial charge in [0.25, 0.3) is 0 Å². The molecule has 2 rings (SSSR count). The molecule has 0 aromatic heterocycles. The standard InChI is InChI=1S/C17H25F3N2.ClH/c1-11(2)16(22-10-12(3)21-9-13(22)4)14-5-7-15(8-6-14)17(18,19)20;/h5-8,11-13,16,21H,9-10H2,1-4H3;1H/t12-,13+,16?;/m0./s1. The third-order valence-corrected chi connectivity index (χ3v) is 4.38. The van der Waals surface area contributed by atoms with Crippen molar-refractivity contribution in [2.75, 3.05) is 13.1 Å². The molecule has 132 valence electrons. The van der Waals surface area contributed by atoms with Crippen LogP contribution < -0.4 is 5.32 Å². The van der Waals surface area contributed by atoms with Crippen molar-refractivity contribution in [2.45, 2.75) is 52.0 Å². The van der Waals surface area contributed by atoms with Gasteiger partial charge >= 0.3 is 6.18 Å². The molecule has 1 unspecified atom stereocenters. The van der Waals surface area contributed by atoms with Crippen molar-refractivity contribution in [3.63, 3.8) is 0 Å². The van der Waals surface area contributed by atoms with Crippen LogP contribution in [0.5, 0.6) is 0 Å². The Balaban J connectivity index is 0.00000264. The second kappa shape index (κ2) is 7.86. The van der Waals surface area contributed by atoms with Crippen LogP contribution >= 0.6 is 12.4 Å². The van der Waals surface area contributed by atoms with E-state index in [0.717, 1.165) is 18.7 Å². The summed E-state index contributed by atoms with van der Waals surface area (Å²) in [5, 5.41) is 3.45. The van der Waals surface area contributed by atoms with Gasteiger partial charge in [0, 0.05) is 31.2 Å². The molecule has 1 N–H and O–H groups in total. The second-order valence-electron chi connectivity index (χ2n) is 6.66. The molecule has 1 aromatic rings. The van der Waals surface area contributed by atoms with Gasteiger partial charge in [-0.3, -0.25) is 4.90 Å². The highest BCUT2D eigenvalue weighted by Gasteiger charge is 2.33. The molecular formula is C17H26ClF3N2. The second-order valence-corrected chi connectivity index (χ2v) is 6.66. The maximum Gasteiger partial charge on any atom is 0.416 e. The SMILES string of the molecule is CC(C)C(c1ccc(C(F)(F)F)cc1)N1C[C@H](C)NC[C@H]1C.Cl. The minimum Gasteiger partial charge on any atom is -0.311 e. The summed E-state index contributed by atoms with van der Waals surface area (Å²) in [7, 11) is 0. The third kappa shape index (κ3) is 4.85. The number of hydrogen-bond donors (Lipinski definition) is 1. The highest BCUT2D eigenvalue weighted by Crippen LogP contribution is 2.34. The predicted octanol–water partition coefficient (Wildman–Crippen LogP) is 4.51. The Morgan fingerprint density at radius 2 is 1.70 bits per heavy atom. The number of alkyl halides is 3. The van der Waals surface area contributed by atoms with Crippen LogP contribution in [0.3, 0.4) is 0 Å². The molecule has 1 aliphatic rings. The lowest BCUT2D eigenvalue weighted by atomic mass is 9.91. The highest BCUT2D eigenvalue weighted by molar-refractivity contribution is 5.85. The van der Waals surface area contributed by atoms with Crippen molar-refractivity contribution in [1.82, 2.24) is 10.2 Å². The van der Waals surface area contributed by atoms with Crippen molar-refractivity contribution >= 4 is 12.4 Å². The van der Waals surface area contributed by atoms with Crippen molar-refractivity contribution < 1.29 is 13.2 Å². The molecule has 0 bridgehead atoms. The fraction of sp³-hybridized carbons (Fsp3) is 0.647. The molecular weight excluding hydrogens is 325 g/mol. The monoisotopic (exact) mass is 350 g/mol. The van der Waals surface area contributed by atoms with Gasteiger partial charge in [-0.15, -0.1) is 12.4 Å². The molecule has 3 atom stereocenters. The minimum absolute atomic E-state index is 0. The van der Waals surface area contributed by atoms with Gasteiger partial charge in [0.05, 0.1) is 5.56 Å². The van der Waals surface area contributed by atoms with Crippen LogP contribution in [0.4, 0.5) is 13.2 Å². The summed E-state index contributed by atoms with van der Waals surface area (Å²) in [6.07, 6.45) is -4.28. The van der Waals surface area contributed by atoms with Crippen LogP contribution in [-0.4, -0.2) is 30.1 Å². The van der Waals surface area contributed by atoms with E-state index in [1.807, 2.05) is 0 Å². The van der Waals surface area contributed by atoms with E-state index in [-0.39, 0.29) is 18.4 Å². The van der Waals surface area contributed by atoms with E-state index in [9.17, 15) is 13.2 Å². The fourth-order valence-corrected chi connectivity index (χ4v) is 3.27. The highest BCUT2D eigenvalue weighted by atomic mass is 35.5. The number of rotatable bonds is 3. The number of nitrogens with one attached hydrogen (secondary N) is 1. The lowest BCUT2D eigenvalue weighted by Gasteiger charge is -2.44. The Hall–Kier alpha value is -0.780. The third-order valence-electron chi connectivity index (χ3n) is 4.38. The lowest BCUT2D eigenvalue weighted by Crippen LogP contribution is -2.56. The van der Waals surface area contributed by atoms with Crippen molar-refractivity contribution in [2.24, 2.45) is 5.92 Å². The minimum atomic E-state index is -4.28. The van der Waals surface area contributed by atoms with Crippen LogP contribution in [0.2, 0.25) is 0 Å². The Kier molecular flexibility index (Phi) is 6.93. The molecule has 1 heterocycles. The summed E-state index contributed by atoms with van der Waals surface area (Å²) in [6, 6.07) is 6.56. The Morgan fingerprint density at radius 3 is 2.17 bits per heavy atom. The van der Waals surface area contributed by atoms with Crippen LogP contribution in [0.1, 0.15) is 44.9 Å². The molecule has 2 nitrogen and oxygen atoms in total. The van der Waals surface area contributed by atoms with Gasteiger partial charge in [-0.25, -0.2) is 0 Å². The van der Waals surface area contributed by atoms with Crippen LogP contribution in [0.25, 0.3) is 0 Å². The summed E-state index contributed by atoms with van der Waals surface area (Å²) >= 11 is 0. The lowest BCUT2D eigenvalue weighted by molar-refractivity contribution is -0.137. The Labute approximate surface area is 142 Å². The van der Waals surface area contributed by atoms with Gasteiger partial charge in [-0.1, -0.05) is 26.0 Å². The molecule has 1 fully saturated rings. The molecule has 23 heavy (non-hydrogen) atoms. The number of piperazine rings is 1. The topological polar surface area (TPSA) is 15.3 Å². The molecule has 0 spiro atoms. The van der Waals surface area contributed by atoms with E-state index in [0.29, 0.717) is 18.0 Å². The first-order chi connectivity index (χ1) is 10.2. The van der Waals surface area contributed by atoms with Crippen LogP contribution in [0, 0.1) is 5.92 Å². The van der Waals surface area contributed by atoms with E-state index < -0.39 is 11.7 Å². The average Bonchev–Trinajstić information content (AvgIpc) is 2.42. The normalized spacial score (nSPS) is 24.3. The van der Waals surface area contributed by atoms with Crippen LogP contribution in [0.15, 0.2) is 24.3 Å². The van der Waals surface area contributed by atoms with Gasteiger partial charge in [-0.05, 0) is 37.5 Å². The smallest absolute Gasteiger partial charge is 0.311 e. The van der Waals surface area contributed by atoms with E-state index in [4.69, 9.17) is 0 Å². The van der Waals surface area contributed by atoms with E-state index in [1.165, 1.54) is 12.1 Å². The molecule has 6 heteroatoms. The maximum atomic E-state index is 12.7. The van der Waals surface area contributed by atoms with Crippen LogP contribution in [-0.2, 0) is 6.18 Å². The number of nitrogens with zero attached hydrogens (tertiary/aromatic N) is 1. The first-order valence-electron chi connectivity index (χ1n) is 7.86. The van der Waals surface area contributed by atoms with E-state index in [1.54, 1.807) is 12.1 Å². The summed E-state index contributed by atoms with van der Waals surface area (Å²) < 4.78 is 38.2. The maximum absolute atomic E-state index is 12.7. The Bertz CT molecular complexity index is 488. The van der Waals surface area contributed by atoms with Gasteiger partial charge in [0.2, 0.25) is 0 Å². The first kappa shape index (κ1) is 20.3. The zero-order valence-electron chi connectivity index (χ0n) is 14.0. The predicted molar refractivity (Wildman–Crippen MR) is 89.9 cm³/mol. The molecule has 1 aromatic carbocycles. The zero-order chi connectivity index (χ0) is 16.5. The number of benzene rings is 1. The quantitative estimate of drug-likeness (QED) is 0.863. The van der Waals surface area contributed by atoms with Gasteiger partial charge < -0.3 is 5.32 Å². The molecule has 0 amide bonds. The first-order valence-corrected chi connectivity index (χ1v) is 7.86. The summed E-state index contributed by atoms with van der Waals surface area (Å²) in [5.74, 6) is 0.337. The Morgan fingerprint density at radius 1 is 1.13 bits per heavy atom. The summed E-state index contributed by atoms with van der Waals surface area (Å²) in [4.78, 5) is 2.41. The molecule has 1 saturated heterocycles.